The Kier molecular flexibility index (Phi) is 4.81. The molecule has 0 heterocycles. The van der Waals surface area contributed by atoms with Gasteiger partial charge in [-0.15, -0.1) is 0 Å². The van der Waals surface area contributed by atoms with E-state index in [9.17, 15) is 0 Å². The van der Waals surface area contributed by atoms with Crippen molar-refractivity contribution in [2.45, 2.75) is 33.1 Å². The van der Waals surface area contributed by atoms with E-state index >= 15 is 0 Å². The lowest BCUT2D eigenvalue weighted by atomic mass is 9.97. The van der Waals surface area contributed by atoms with Crippen LogP contribution in [0, 0.1) is 10.5 Å². The Morgan fingerprint density at radius 2 is 1.78 bits per heavy atom. The SMILES string of the molecule is CCCCc1cc(I)c(-c2ccccc2)cc1C. The van der Waals surface area contributed by atoms with E-state index in [1.54, 1.807) is 0 Å². The summed E-state index contributed by atoms with van der Waals surface area (Å²) >= 11 is 2.46. The van der Waals surface area contributed by atoms with Crippen LogP contribution in [0.3, 0.4) is 0 Å². The Bertz CT molecular complexity index is 515. The van der Waals surface area contributed by atoms with Crippen LogP contribution in [0.25, 0.3) is 11.1 Å². The molecule has 0 saturated carbocycles. The van der Waals surface area contributed by atoms with Gasteiger partial charge in [-0.1, -0.05) is 49.7 Å². The standard InChI is InChI=1S/C17H19I/c1-3-4-8-15-12-17(18)16(11-13(15)2)14-9-6-5-7-10-14/h5-7,9-12H,3-4,8H2,1-2H3. The lowest BCUT2D eigenvalue weighted by molar-refractivity contribution is 0.791. The minimum Gasteiger partial charge on any atom is -0.0654 e. The Morgan fingerprint density at radius 3 is 2.44 bits per heavy atom. The summed E-state index contributed by atoms with van der Waals surface area (Å²) in [5, 5.41) is 0. The number of rotatable bonds is 4. The molecular formula is C17H19I. The molecule has 0 aromatic heterocycles. The van der Waals surface area contributed by atoms with Crippen LogP contribution in [0.15, 0.2) is 42.5 Å². The molecule has 0 radical (unpaired) electrons. The molecule has 0 fully saturated rings. The van der Waals surface area contributed by atoms with E-state index in [0.29, 0.717) is 0 Å². The van der Waals surface area contributed by atoms with Crippen LogP contribution in [-0.4, -0.2) is 0 Å². The summed E-state index contributed by atoms with van der Waals surface area (Å²) in [6, 6.07) is 15.3. The molecule has 2 aromatic rings. The van der Waals surface area contributed by atoms with Gasteiger partial charge < -0.3 is 0 Å². The second kappa shape index (κ2) is 6.37. The van der Waals surface area contributed by atoms with E-state index in [4.69, 9.17) is 0 Å². The predicted octanol–water partition coefficient (Wildman–Crippen LogP) is 5.61. The number of unbranched alkanes of at least 4 members (excludes halogenated alkanes) is 1. The minimum atomic E-state index is 1.20. The van der Waals surface area contributed by atoms with E-state index in [1.165, 1.54) is 45.1 Å². The molecule has 0 amide bonds. The van der Waals surface area contributed by atoms with Crippen molar-refractivity contribution < 1.29 is 0 Å². The third-order valence-corrected chi connectivity index (χ3v) is 4.20. The maximum atomic E-state index is 2.46. The third-order valence-electron chi connectivity index (χ3n) is 3.31. The summed E-state index contributed by atoms with van der Waals surface area (Å²) in [6.45, 7) is 4.48. The summed E-state index contributed by atoms with van der Waals surface area (Å²) in [7, 11) is 0. The van der Waals surface area contributed by atoms with Gasteiger partial charge in [0.1, 0.15) is 0 Å². The number of hydrogen-bond donors (Lipinski definition) is 0. The molecule has 0 aliphatic rings. The number of halogens is 1. The second-order valence-electron chi connectivity index (χ2n) is 4.73. The Balaban J connectivity index is 2.37. The van der Waals surface area contributed by atoms with Crippen molar-refractivity contribution in [1.82, 2.24) is 0 Å². The topological polar surface area (TPSA) is 0 Å². The Labute approximate surface area is 124 Å². The molecule has 0 bridgehead atoms. The summed E-state index contributed by atoms with van der Waals surface area (Å²) in [4.78, 5) is 0. The zero-order chi connectivity index (χ0) is 13.0. The van der Waals surface area contributed by atoms with Crippen LogP contribution >= 0.6 is 22.6 Å². The maximum Gasteiger partial charge on any atom is 0.0211 e. The molecule has 0 spiro atoms. The average Bonchev–Trinajstić information content (AvgIpc) is 2.40. The van der Waals surface area contributed by atoms with Gasteiger partial charge in [-0.25, -0.2) is 0 Å². The molecule has 0 nitrogen and oxygen atoms in total. The number of hydrogen-bond acceptors (Lipinski definition) is 0. The predicted molar refractivity (Wildman–Crippen MR) is 87.9 cm³/mol. The van der Waals surface area contributed by atoms with Crippen LogP contribution in [0.1, 0.15) is 30.9 Å². The molecule has 0 saturated heterocycles. The molecule has 0 N–H and O–H groups in total. The van der Waals surface area contributed by atoms with Gasteiger partial charge in [-0.05, 0) is 70.7 Å². The highest BCUT2D eigenvalue weighted by Gasteiger charge is 2.07. The molecule has 0 aliphatic carbocycles. The summed E-state index contributed by atoms with van der Waals surface area (Å²) in [5.41, 5.74) is 5.59. The molecule has 0 aliphatic heterocycles. The Morgan fingerprint density at radius 1 is 1.06 bits per heavy atom. The third kappa shape index (κ3) is 3.14. The fraction of sp³-hybridized carbons (Fsp3) is 0.294. The fourth-order valence-electron chi connectivity index (χ4n) is 2.20. The van der Waals surface area contributed by atoms with Gasteiger partial charge in [0.2, 0.25) is 0 Å². The van der Waals surface area contributed by atoms with E-state index < -0.39 is 0 Å². The van der Waals surface area contributed by atoms with Gasteiger partial charge in [0.15, 0.2) is 0 Å². The van der Waals surface area contributed by atoms with Crippen molar-refractivity contribution in [3.8, 4) is 11.1 Å². The van der Waals surface area contributed by atoms with Crippen molar-refractivity contribution in [1.29, 1.82) is 0 Å². The van der Waals surface area contributed by atoms with Crippen LogP contribution in [-0.2, 0) is 6.42 Å². The molecule has 1 heteroatoms. The van der Waals surface area contributed by atoms with Gasteiger partial charge in [0.05, 0.1) is 0 Å². The largest absolute Gasteiger partial charge is 0.0654 e. The lowest BCUT2D eigenvalue weighted by Crippen LogP contribution is -1.93. The summed E-state index contributed by atoms with van der Waals surface area (Å²) in [5.74, 6) is 0. The highest BCUT2D eigenvalue weighted by Crippen LogP contribution is 2.28. The fourth-order valence-corrected chi connectivity index (χ4v) is 3.04. The van der Waals surface area contributed by atoms with Crippen LogP contribution in [0.4, 0.5) is 0 Å². The molecule has 94 valence electrons. The molecule has 0 atom stereocenters. The van der Waals surface area contributed by atoms with Gasteiger partial charge in [0, 0.05) is 3.57 Å². The van der Waals surface area contributed by atoms with Crippen LogP contribution in [0.2, 0.25) is 0 Å². The first-order chi connectivity index (χ1) is 8.72. The average molecular weight is 350 g/mol. The summed E-state index contributed by atoms with van der Waals surface area (Å²) in [6.07, 6.45) is 3.74. The highest BCUT2D eigenvalue weighted by molar-refractivity contribution is 14.1. The molecule has 0 unspecified atom stereocenters. The van der Waals surface area contributed by atoms with Crippen molar-refractivity contribution in [3.63, 3.8) is 0 Å². The Hall–Kier alpha value is -0.830. The van der Waals surface area contributed by atoms with Gasteiger partial charge in [-0.2, -0.15) is 0 Å². The lowest BCUT2D eigenvalue weighted by Gasteiger charge is -2.11. The first-order valence-electron chi connectivity index (χ1n) is 6.57. The first-order valence-corrected chi connectivity index (χ1v) is 7.64. The van der Waals surface area contributed by atoms with Crippen molar-refractivity contribution in [3.05, 3.63) is 57.2 Å². The maximum absolute atomic E-state index is 2.46. The smallest absolute Gasteiger partial charge is 0.0211 e. The zero-order valence-corrected chi connectivity index (χ0v) is 13.2. The quantitative estimate of drug-likeness (QED) is 0.629. The van der Waals surface area contributed by atoms with E-state index in [0.717, 1.165) is 0 Å². The van der Waals surface area contributed by atoms with Crippen LogP contribution in [0.5, 0.6) is 0 Å². The monoisotopic (exact) mass is 350 g/mol. The highest BCUT2D eigenvalue weighted by atomic mass is 127. The first kappa shape index (κ1) is 13.6. The van der Waals surface area contributed by atoms with E-state index in [-0.39, 0.29) is 0 Å². The van der Waals surface area contributed by atoms with Gasteiger partial charge in [-0.3, -0.25) is 0 Å². The van der Waals surface area contributed by atoms with E-state index in [1.807, 2.05) is 0 Å². The zero-order valence-electron chi connectivity index (χ0n) is 11.0. The number of aryl methyl sites for hydroxylation is 2. The molecule has 2 aromatic carbocycles. The van der Waals surface area contributed by atoms with Crippen molar-refractivity contribution >= 4 is 22.6 Å². The normalized spacial score (nSPS) is 10.6. The molecule has 2 rings (SSSR count). The molecular weight excluding hydrogens is 331 g/mol. The summed E-state index contributed by atoms with van der Waals surface area (Å²) < 4.78 is 1.36. The van der Waals surface area contributed by atoms with Gasteiger partial charge in [0.25, 0.3) is 0 Å². The second-order valence-corrected chi connectivity index (χ2v) is 5.89. The van der Waals surface area contributed by atoms with Crippen LogP contribution < -0.4 is 0 Å². The molecule has 18 heavy (non-hydrogen) atoms. The van der Waals surface area contributed by atoms with Gasteiger partial charge >= 0.3 is 0 Å². The van der Waals surface area contributed by atoms with Crippen molar-refractivity contribution in [2.24, 2.45) is 0 Å². The number of benzene rings is 2. The van der Waals surface area contributed by atoms with Crippen molar-refractivity contribution in [2.75, 3.05) is 0 Å². The minimum absolute atomic E-state index is 1.20. The van der Waals surface area contributed by atoms with E-state index in [2.05, 4.69) is 78.9 Å².